The molecule has 1 aromatic rings. The van der Waals surface area contributed by atoms with Gasteiger partial charge in [-0.1, -0.05) is 0 Å². The highest BCUT2D eigenvalue weighted by Crippen LogP contribution is 2.23. The van der Waals surface area contributed by atoms with Crippen LogP contribution < -0.4 is 16.2 Å². The van der Waals surface area contributed by atoms with Crippen LogP contribution in [-0.4, -0.2) is 29.9 Å². The first kappa shape index (κ1) is 12.0. The molecule has 0 aromatic heterocycles. The van der Waals surface area contributed by atoms with Gasteiger partial charge in [0.15, 0.2) is 0 Å². The molecule has 0 radical (unpaired) electrons. The largest absolute Gasteiger partial charge is 0.490 e. The van der Waals surface area contributed by atoms with E-state index in [-0.39, 0.29) is 25.0 Å². The Morgan fingerprint density at radius 3 is 2.39 bits per heavy atom. The maximum atomic E-state index is 11.3. The van der Waals surface area contributed by atoms with Crippen molar-refractivity contribution in [3.8, 4) is 5.75 Å². The number of anilines is 2. The van der Waals surface area contributed by atoms with Gasteiger partial charge in [0.2, 0.25) is 0 Å². The molecular weight excluding hydrogens is 234 g/mol. The number of imide groups is 1. The van der Waals surface area contributed by atoms with Gasteiger partial charge in [0.1, 0.15) is 12.4 Å². The van der Waals surface area contributed by atoms with Crippen LogP contribution in [0.2, 0.25) is 0 Å². The number of ether oxygens (including phenoxy) is 1. The Morgan fingerprint density at radius 2 is 1.78 bits per heavy atom. The SMILES string of the molecule is Nc1ccc(OCCN2C(=O)C=CC2=O)c(N)c1. The van der Waals surface area contributed by atoms with Crippen molar-refractivity contribution in [2.45, 2.75) is 0 Å². The zero-order valence-electron chi connectivity index (χ0n) is 9.63. The Morgan fingerprint density at radius 1 is 1.11 bits per heavy atom. The molecule has 0 atom stereocenters. The molecule has 1 aliphatic rings. The summed E-state index contributed by atoms with van der Waals surface area (Å²) in [5.41, 5.74) is 12.2. The summed E-state index contributed by atoms with van der Waals surface area (Å²) in [6.45, 7) is 0.377. The second-order valence-corrected chi connectivity index (χ2v) is 3.81. The van der Waals surface area contributed by atoms with Crippen molar-refractivity contribution in [3.05, 3.63) is 30.4 Å². The van der Waals surface area contributed by atoms with Crippen LogP contribution in [0.5, 0.6) is 5.75 Å². The highest BCUT2D eigenvalue weighted by atomic mass is 16.5. The van der Waals surface area contributed by atoms with Crippen molar-refractivity contribution < 1.29 is 14.3 Å². The van der Waals surface area contributed by atoms with Crippen molar-refractivity contribution >= 4 is 23.2 Å². The first-order valence-corrected chi connectivity index (χ1v) is 5.39. The Hall–Kier alpha value is -2.50. The normalized spacial score (nSPS) is 14.3. The van der Waals surface area contributed by atoms with E-state index in [1.54, 1.807) is 18.2 Å². The minimum absolute atomic E-state index is 0.188. The fraction of sp³-hybridized carbons (Fsp3) is 0.167. The lowest BCUT2D eigenvalue weighted by Crippen LogP contribution is -2.33. The van der Waals surface area contributed by atoms with E-state index in [0.717, 1.165) is 4.90 Å². The van der Waals surface area contributed by atoms with Crippen molar-refractivity contribution in [2.75, 3.05) is 24.6 Å². The quantitative estimate of drug-likeness (QED) is 0.583. The van der Waals surface area contributed by atoms with E-state index < -0.39 is 0 Å². The van der Waals surface area contributed by atoms with Crippen LogP contribution in [0.25, 0.3) is 0 Å². The topological polar surface area (TPSA) is 98.6 Å². The van der Waals surface area contributed by atoms with Gasteiger partial charge in [0, 0.05) is 17.8 Å². The Kier molecular flexibility index (Phi) is 3.18. The molecule has 0 saturated carbocycles. The highest BCUT2D eigenvalue weighted by Gasteiger charge is 2.22. The number of carbonyl (C=O) groups excluding carboxylic acids is 2. The summed E-state index contributed by atoms with van der Waals surface area (Å²) in [7, 11) is 0. The number of rotatable bonds is 4. The molecule has 2 rings (SSSR count). The van der Waals surface area contributed by atoms with E-state index in [1.807, 2.05) is 0 Å². The van der Waals surface area contributed by atoms with E-state index in [2.05, 4.69) is 0 Å². The third-order valence-corrected chi connectivity index (χ3v) is 2.51. The van der Waals surface area contributed by atoms with E-state index in [1.165, 1.54) is 12.2 Å². The van der Waals surface area contributed by atoms with E-state index >= 15 is 0 Å². The average Bonchev–Trinajstić information content (AvgIpc) is 2.63. The molecular formula is C12H13N3O3. The zero-order valence-corrected chi connectivity index (χ0v) is 9.63. The fourth-order valence-corrected chi connectivity index (χ4v) is 1.60. The molecule has 6 nitrogen and oxygen atoms in total. The average molecular weight is 247 g/mol. The molecule has 0 fully saturated rings. The van der Waals surface area contributed by atoms with Gasteiger partial charge in [-0.3, -0.25) is 14.5 Å². The number of hydrogen-bond donors (Lipinski definition) is 2. The summed E-state index contributed by atoms with van der Waals surface area (Å²) in [4.78, 5) is 23.6. The van der Waals surface area contributed by atoms with Gasteiger partial charge in [0.05, 0.1) is 12.2 Å². The lowest BCUT2D eigenvalue weighted by molar-refractivity contribution is -0.137. The van der Waals surface area contributed by atoms with Crippen LogP contribution in [0.15, 0.2) is 30.4 Å². The van der Waals surface area contributed by atoms with Gasteiger partial charge in [-0.05, 0) is 18.2 Å². The minimum atomic E-state index is -0.325. The lowest BCUT2D eigenvalue weighted by Gasteiger charge is -2.15. The Balaban J connectivity index is 1.89. The summed E-state index contributed by atoms with van der Waals surface area (Å²) in [6, 6.07) is 4.90. The smallest absolute Gasteiger partial charge is 0.253 e. The van der Waals surface area contributed by atoms with E-state index in [4.69, 9.17) is 16.2 Å². The van der Waals surface area contributed by atoms with Crippen LogP contribution >= 0.6 is 0 Å². The Bertz CT molecular complexity index is 507. The van der Waals surface area contributed by atoms with Gasteiger partial charge in [-0.2, -0.15) is 0 Å². The number of nitrogen functional groups attached to an aromatic ring is 2. The first-order valence-electron chi connectivity index (χ1n) is 5.39. The number of amides is 2. The molecule has 18 heavy (non-hydrogen) atoms. The first-order chi connectivity index (χ1) is 8.58. The van der Waals surface area contributed by atoms with Crippen LogP contribution in [0.4, 0.5) is 11.4 Å². The number of carbonyl (C=O) groups is 2. The zero-order chi connectivity index (χ0) is 13.1. The third-order valence-electron chi connectivity index (χ3n) is 2.51. The summed E-state index contributed by atoms with van der Waals surface area (Å²) < 4.78 is 5.40. The summed E-state index contributed by atoms with van der Waals surface area (Å²) in [5.74, 6) is -0.168. The molecule has 1 heterocycles. The number of nitrogens with zero attached hydrogens (tertiary/aromatic N) is 1. The summed E-state index contributed by atoms with van der Waals surface area (Å²) >= 11 is 0. The molecule has 0 unspecified atom stereocenters. The molecule has 1 aromatic carbocycles. The Labute approximate surface area is 104 Å². The van der Waals surface area contributed by atoms with Crippen molar-refractivity contribution in [1.29, 1.82) is 0 Å². The maximum absolute atomic E-state index is 11.3. The molecule has 1 aliphatic heterocycles. The molecule has 0 saturated heterocycles. The minimum Gasteiger partial charge on any atom is -0.490 e. The van der Waals surface area contributed by atoms with E-state index in [9.17, 15) is 9.59 Å². The van der Waals surface area contributed by atoms with Gasteiger partial charge >= 0.3 is 0 Å². The predicted octanol–water partition coefficient (Wildman–Crippen LogP) is 0.155. The molecule has 6 heteroatoms. The molecule has 2 amide bonds. The lowest BCUT2D eigenvalue weighted by atomic mass is 10.2. The number of nitrogens with two attached hydrogens (primary N) is 2. The van der Waals surface area contributed by atoms with Crippen LogP contribution in [0.3, 0.4) is 0 Å². The van der Waals surface area contributed by atoms with Gasteiger partial charge < -0.3 is 16.2 Å². The number of hydrogen-bond acceptors (Lipinski definition) is 5. The second-order valence-electron chi connectivity index (χ2n) is 3.81. The third kappa shape index (κ3) is 2.42. The molecule has 94 valence electrons. The van der Waals surface area contributed by atoms with Crippen molar-refractivity contribution in [3.63, 3.8) is 0 Å². The fourth-order valence-electron chi connectivity index (χ4n) is 1.60. The highest BCUT2D eigenvalue weighted by molar-refractivity contribution is 6.12. The van der Waals surface area contributed by atoms with Gasteiger partial charge in [0.25, 0.3) is 11.8 Å². The standard InChI is InChI=1S/C12H13N3O3/c13-8-1-2-10(9(14)7-8)18-6-5-15-11(16)3-4-12(15)17/h1-4,7H,5-6,13-14H2. The maximum Gasteiger partial charge on any atom is 0.253 e. The van der Waals surface area contributed by atoms with Crippen LogP contribution in [0, 0.1) is 0 Å². The van der Waals surface area contributed by atoms with Crippen molar-refractivity contribution in [1.82, 2.24) is 4.90 Å². The van der Waals surface area contributed by atoms with Gasteiger partial charge in [-0.15, -0.1) is 0 Å². The molecule has 0 aliphatic carbocycles. The van der Waals surface area contributed by atoms with Crippen molar-refractivity contribution in [2.24, 2.45) is 0 Å². The monoisotopic (exact) mass is 247 g/mol. The predicted molar refractivity (Wildman–Crippen MR) is 66.6 cm³/mol. The summed E-state index contributed by atoms with van der Waals surface area (Å²) in [5, 5.41) is 0. The summed E-state index contributed by atoms with van der Waals surface area (Å²) in [6.07, 6.45) is 2.47. The van der Waals surface area contributed by atoms with Crippen LogP contribution in [-0.2, 0) is 9.59 Å². The molecule has 0 bridgehead atoms. The van der Waals surface area contributed by atoms with Crippen LogP contribution in [0.1, 0.15) is 0 Å². The number of benzene rings is 1. The van der Waals surface area contributed by atoms with E-state index in [0.29, 0.717) is 17.1 Å². The second kappa shape index (κ2) is 4.79. The molecule has 0 spiro atoms. The molecule has 4 N–H and O–H groups in total. The van der Waals surface area contributed by atoms with Gasteiger partial charge in [-0.25, -0.2) is 0 Å².